The van der Waals surface area contributed by atoms with E-state index in [1.807, 2.05) is 0 Å². The number of nitriles is 1. The number of carbonyl (C=O) groups is 1. The summed E-state index contributed by atoms with van der Waals surface area (Å²) in [7, 11) is 0. The molecule has 0 aromatic heterocycles. The second kappa shape index (κ2) is 5.53. The van der Waals surface area contributed by atoms with E-state index in [9.17, 15) is 4.79 Å². The first kappa shape index (κ1) is 14.0. The molecule has 1 aliphatic rings. The van der Waals surface area contributed by atoms with Crippen LogP contribution in [0.25, 0.3) is 0 Å². The summed E-state index contributed by atoms with van der Waals surface area (Å²) >= 11 is 0. The van der Waals surface area contributed by atoms with Gasteiger partial charge in [-0.3, -0.25) is 4.79 Å². The highest BCUT2D eigenvalue weighted by Gasteiger charge is 2.29. The molecule has 0 bridgehead atoms. The molecule has 0 aromatic carbocycles. The van der Waals surface area contributed by atoms with Crippen LogP contribution in [-0.2, 0) is 4.79 Å². The minimum Gasteiger partial charge on any atom is -0.327 e. The van der Waals surface area contributed by atoms with E-state index in [4.69, 9.17) is 5.26 Å². The largest absolute Gasteiger partial charge is 0.327 e. The number of nitrogens with zero attached hydrogens (tertiary/aromatic N) is 2. The van der Waals surface area contributed by atoms with Crippen LogP contribution >= 0.6 is 0 Å². The van der Waals surface area contributed by atoms with Gasteiger partial charge in [0.2, 0.25) is 5.91 Å². The minimum atomic E-state index is -0.177. The first-order valence-electron chi connectivity index (χ1n) is 6.52. The second-order valence-electron chi connectivity index (χ2n) is 6.45. The topological polar surface area (TPSA) is 44.1 Å². The SMILES string of the molecule is CC(CC(=O)N1CCCC1C#N)CC(C)(C)C. The molecule has 2 unspecified atom stereocenters. The Morgan fingerprint density at radius 3 is 2.71 bits per heavy atom. The van der Waals surface area contributed by atoms with Gasteiger partial charge < -0.3 is 4.90 Å². The summed E-state index contributed by atoms with van der Waals surface area (Å²) in [5.74, 6) is 0.549. The third kappa shape index (κ3) is 4.38. The average Bonchev–Trinajstić information content (AvgIpc) is 2.61. The zero-order valence-electron chi connectivity index (χ0n) is 11.5. The summed E-state index contributed by atoms with van der Waals surface area (Å²) in [6.07, 6.45) is 3.44. The summed E-state index contributed by atoms with van der Waals surface area (Å²) in [4.78, 5) is 13.8. The molecule has 17 heavy (non-hydrogen) atoms. The molecule has 0 radical (unpaired) electrons. The van der Waals surface area contributed by atoms with Crippen molar-refractivity contribution >= 4 is 5.91 Å². The van der Waals surface area contributed by atoms with Crippen LogP contribution in [0.2, 0.25) is 0 Å². The lowest BCUT2D eigenvalue weighted by atomic mass is 9.84. The zero-order valence-corrected chi connectivity index (χ0v) is 11.5. The zero-order chi connectivity index (χ0) is 13.1. The molecule has 1 aliphatic heterocycles. The number of amides is 1. The molecule has 2 atom stereocenters. The van der Waals surface area contributed by atoms with E-state index in [-0.39, 0.29) is 17.4 Å². The van der Waals surface area contributed by atoms with Gasteiger partial charge in [0.15, 0.2) is 0 Å². The van der Waals surface area contributed by atoms with E-state index in [1.54, 1.807) is 4.90 Å². The fraction of sp³-hybridized carbons (Fsp3) is 0.857. The Hall–Kier alpha value is -1.04. The number of hydrogen-bond acceptors (Lipinski definition) is 2. The Morgan fingerprint density at radius 2 is 2.18 bits per heavy atom. The quantitative estimate of drug-likeness (QED) is 0.756. The van der Waals surface area contributed by atoms with Crippen LogP contribution in [0, 0.1) is 22.7 Å². The Kier molecular flexibility index (Phi) is 4.56. The van der Waals surface area contributed by atoms with Gasteiger partial charge in [-0.15, -0.1) is 0 Å². The predicted molar refractivity (Wildman–Crippen MR) is 68.2 cm³/mol. The van der Waals surface area contributed by atoms with Crippen LogP contribution in [0.1, 0.15) is 53.4 Å². The van der Waals surface area contributed by atoms with E-state index in [1.165, 1.54) is 0 Å². The first-order valence-corrected chi connectivity index (χ1v) is 6.52. The van der Waals surface area contributed by atoms with Crippen molar-refractivity contribution in [3.8, 4) is 6.07 Å². The Bertz CT molecular complexity index is 311. The van der Waals surface area contributed by atoms with Gasteiger partial charge in [-0.25, -0.2) is 0 Å². The molecule has 1 rings (SSSR count). The van der Waals surface area contributed by atoms with Gasteiger partial charge in [-0.05, 0) is 30.6 Å². The lowest BCUT2D eigenvalue weighted by Crippen LogP contribution is -2.35. The molecular weight excluding hydrogens is 212 g/mol. The minimum absolute atomic E-state index is 0.158. The molecule has 1 fully saturated rings. The van der Waals surface area contributed by atoms with E-state index in [0.717, 1.165) is 25.8 Å². The van der Waals surface area contributed by atoms with Gasteiger partial charge in [0.1, 0.15) is 6.04 Å². The highest BCUT2D eigenvalue weighted by atomic mass is 16.2. The molecule has 3 nitrogen and oxygen atoms in total. The lowest BCUT2D eigenvalue weighted by Gasteiger charge is -2.25. The monoisotopic (exact) mass is 236 g/mol. The van der Waals surface area contributed by atoms with Crippen molar-refractivity contribution in [2.24, 2.45) is 11.3 Å². The second-order valence-corrected chi connectivity index (χ2v) is 6.45. The van der Waals surface area contributed by atoms with Gasteiger partial charge in [0, 0.05) is 13.0 Å². The molecular formula is C14H24N2O. The van der Waals surface area contributed by atoms with E-state index in [2.05, 4.69) is 33.8 Å². The van der Waals surface area contributed by atoms with Crippen molar-refractivity contribution < 1.29 is 4.79 Å². The van der Waals surface area contributed by atoms with E-state index in [0.29, 0.717) is 12.3 Å². The van der Waals surface area contributed by atoms with Crippen molar-refractivity contribution in [1.82, 2.24) is 4.90 Å². The van der Waals surface area contributed by atoms with Gasteiger partial charge >= 0.3 is 0 Å². The Balaban J connectivity index is 2.47. The van der Waals surface area contributed by atoms with Crippen molar-refractivity contribution in [3.05, 3.63) is 0 Å². The first-order chi connectivity index (χ1) is 7.83. The molecule has 1 amide bonds. The van der Waals surface area contributed by atoms with Gasteiger partial charge in [-0.1, -0.05) is 27.7 Å². The highest BCUT2D eigenvalue weighted by Crippen LogP contribution is 2.27. The van der Waals surface area contributed by atoms with Crippen LogP contribution in [0.15, 0.2) is 0 Å². The molecule has 0 N–H and O–H groups in total. The third-order valence-corrected chi connectivity index (χ3v) is 3.21. The standard InChI is InChI=1S/C14H24N2O/c1-11(9-14(2,3)4)8-13(17)16-7-5-6-12(16)10-15/h11-12H,5-9H2,1-4H3. The fourth-order valence-corrected chi connectivity index (χ4v) is 2.73. The van der Waals surface area contributed by atoms with Gasteiger partial charge in [0.25, 0.3) is 0 Å². The van der Waals surface area contributed by atoms with Crippen molar-refractivity contribution in [2.75, 3.05) is 6.54 Å². The predicted octanol–water partition coefficient (Wildman–Crippen LogP) is 2.96. The normalized spacial score (nSPS) is 22.3. The maximum absolute atomic E-state index is 12.1. The van der Waals surface area contributed by atoms with Crippen LogP contribution < -0.4 is 0 Å². The van der Waals surface area contributed by atoms with Crippen LogP contribution in [0.5, 0.6) is 0 Å². The summed E-state index contributed by atoms with van der Waals surface area (Å²) in [5, 5.41) is 8.96. The molecule has 3 heteroatoms. The van der Waals surface area contributed by atoms with Crippen molar-refractivity contribution in [2.45, 2.75) is 59.4 Å². The maximum atomic E-state index is 12.1. The summed E-state index contributed by atoms with van der Waals surface area (Å²) < 4.78 is 0. The van der Waals surface area contributed by atoms with Gasteiger partial charge in [-0.2, -0.15) is 5.26 Å². The van der Waals surface area contributed by atoms with Gasteiger partial charge in [0.05, 0.1) is 6.07 Å². The Labute approximate surface area is 105 Å². The maximum Gasteiger partial charge on any atom is 0.223 e. The lowest BCUT2D eigenvalue weighted by molar-refractivity contribution is -0.132. The molecule has 1 heterocycles. The molecule has 0 saturated carbocycles. The Morgan fingerprint density at radius 1 is 1.53 bits per heavy atom. The number of rotatable bonds is 3. The summed E-state index contributed by atoms with van der Waals surface area (Å²) in [5.41, 5.74) is 0.263. The third-order valence-electron chi connectivity index (χ3n) is 3.21. The molecule has 0 aliphatic carbocycles. The fourth-order valence-electron chi connectivity index (χ4n) is 2.73. The number of hydrogen-bond donors (Lipinski definition) is 0. The molecule has 96 valence electrons. The highest BCUT2D eigenvalue weighted by molar-refractivity contribution is 5.77. The van der Waals surface area contributed by atoms with E-state index >= 15 is 0 Å². The van der Waals surface area contributed by atoms with Crippen LogP contribution in [-0.4, -0.2) is 23.4 Å². The van der Waals surface area contributed by atoms with Crippen molar-refractivity contribution in [1.29, 1.82) is 5.26 Å². The summed E-state index contributed by atoms with van der Waals surface area (Å²) in [6.45, 7) is 9.48. The average molecular weight is 236 g/mol. The van der Waals surface area contributed by atoms with Crippen LogP contribution in [0.3, 0.4) is 0 Å². The molecule has 0 spiro atoms. The number of likely N-dealkylation sites (tertiary alicyclic amines) is 1. The summed E-state index contributed by atoms with van der Waals surface area (Å²) in [6, 6.07) is 2.04. The molecule has 0 aromatic rings. The molecule has 1 saturated heterocycles. The van der Waals surface area contributed by atoms with Crippen molar-refractivity contribution in [3.63, 3.8) is 0 Å². The number of carbonyl (C=O) groups excluding carboxylic acids is 1. The van der Waals surface area contributed by atoms with Crippen LogP contribution in [0.4, 0.5) is 0 Å². The van der Waals surface area contributed by atoms with E-state index < -0.39 is 0 Å². The smallest absolute Gasteiger partial charge is 0.223 e.